The predicted octanol–water partition coefficient (Wildman–Crippen LogP) is 1.31. The van der Waals surface area contributed by atoms with E-state index in [0.29, 0.717) is 0 Å². The monoisotopic (exact) mass is 335 g/mol. The van der Waals surface area contributed by atoms with Crippen LogP contribution in [-0.4, -0.2) is 38.6 Å². The minimum atomic E-state index is -4.15. The van der Waals surface area contributed by atoms with E-state index in [2.05, 4.69) is 9.46 Å². The van der Waals surface area contributed by atoms with E-state index in [1.807, 2.05) is 0 Å². The lowest BCUT2D eigenvalue weighted by Gasteiger charge is -2.27. The van der Waals surface area contributed by atoms with Gasteiger partial charge >= 0.3 is 11.9 Å². The van der Waals surface area contributed by atoms with Crippen molar-refractivity contribution in [1.29, 1.82) is 0 Å². The normalized spacial score (nSPS) is 13.7. The number of nitrogens with one attached hydrogen (secondary N) is 1. The highest BCUT2D eigenvalue weighted by atomic mass is 32.2. The van der Waals surface area contributed by atoms with Gasteiger partial charge in [0.05, 0.1) is 7.11 Å². The van der Waals surface area contributed by atoms with Gasteiger partial charge in [0.2, 0.25) is 10.0 Å². The molecule has 1 aromatic rings. The highest BCUT2D eigenvalue weighted by Crippen LogP contribution is 2.26. The average molecular weight is 335 g/mol. The summed E-state index contributed by atoms with van der Waals surface area (Å²) in [4.78, 5) is 22.4. The smallest absolute Gasteiger partial charge is 0.349 e. The van der Waals surface area contributed by atoms with Crippen molar-refractivity contribution in [2.45, 2.75) is 31.7 Å². The summed E-state index contributed by atoms with van der Waals surface area (Å²) in [5, 5.41) is 10.6. The molecule has 0 bridgehead atoms. The fourth-order valence-electron chi connectivity index (χ4n) is 1.57. The zero-order valence-electron chi connectivity index (χ0n) is 12.0. The molecule has 0 amide bonds. The lowest BCUT2D eigenvalue weighted by atomic mass is 9.88. The van der Waals surface area contributed by atoms with Gasteiger partial charge in [0.25, 0.3) is 0 Å². The van der Waals surface area contributed by atoms with Crippen LogP contribution in [-0.2, 0) is 19.6 Å². The van der Waals surface area contributed by atoms with Crippen molar-refractivity contribution in [2.75, 3.05) is 7.11 Å². The molecule has 1 aromatic heterocycles. The number of thiophene rings is 1. The first kappa shape index (κ1) is 17.6. The Kier molecular flexibility index (Phi) is 5.13. The van der Waals surface area contributed by atoms with Crippen LogP contribution in [0.2, 0.25) is 0 Å². The lowest BCUT2D eigenvalue weighted by Crippen LogP contribution is -2.49. The van der Waals surface area contributed by atoms with Gasteiger partial charge in [-0.25, -0.2) is 13.2 Å². The summed E-state index contributed by atoms with van der Waals surface area (Å²) >= 11 is 0.911. The van der Waals surface area contributed by atoms with Crippen LogP contribution < -0.4 is 4.72 Å². The molecule has 0 aliphatic heterocycles. The van der Waals surface area contributed by atoms with E-state index in [-0.39, 0.29) is 9.77 Å². The molecule has 1 rings (SSSR count). The van der Waals surface area contributed by atoms with E-state index in [9.17, 15) is 23.1 Å². The van der Waals surface area contributed by atoms with Gasteiger partial charge < -0.3 is 9.84 Å². The zero-order chi connectivity index (χ0) is 16.4. The number of carboxylic acids is 1. The molecular weight excluding hydrogens is 318 g/mol. The van der Waals surface area contributed by atoms with Gasteiger partial charge in [-0.15, -0.1) is 11.3 Å². The Bertz CT molecular complexity index is 641. The largest absolute Gasteiger partial charge is 0.480 e. The van der Waals surface area contributed by atoms with Gasteiger partial charge in [0.15, 0.2) is 0 Å². The maximum absolute atomic E-state index is 12.3. The van der Waals surface area contributed by atoms with Crippen molar-refractivity contribution in [3.63, 3.8) is 0 Å². The van der Waals surface area contributed by atoms with Gasteiger partial charge in [-0.2, -0.15) is 4.72 Å². The fraction of sp³-hybridized carbons (Fsp3) is 0.500. The maximum atomic E-state index is 12.3. The molecule has 7 nitrogen and oxygen atoms in total. The van der Waals surface area contributed by atoms with Crippen molar-refractivity contribution >= 4 is 33.3 Å². The number of methoxy groups -OCH3 is 1. The molecule has 0 spiro atoms. The Morgan fingerprint density at radius 1 is 1.38 bits per heavy atom. The quantitative estimate of drug-likeness (QED) is 0.785. The van der Waals surface area contributed by atoms with Crippen LogP contribution in [0.5, 0.6) is 0 Å². The van der Waals surface area contributed by atoms with Gasteiger partial charge in [0.1, 0.15) is 15.8 Å². The van der Waals surface area contributed by atoms with Crippen LogP contribution >= 0.6 is 11.3 Å². The molecule has 0 radical (unpaired) electrons. The number of ether oxygens (including phenoxy) is 1. The van der Waals surface area contributed by atoms with Gasteiger partial charge in [-0.1, -0.05) is 20.8 Å². The molecule has 21 heavy (non-hydrogen) atoms. The van der Waals surface area contributed by atoms with Crippen LogP contribution in [0.1, 0.15) is 30.4 Å². The highest BCUT2D eigenvalue weighted by molar-refractivity contribution is 7.89. The number of hydrogen-bond acceptors (Lipinski definition) is 6. The Hall–Kier alpha value is -1.45. The minimum Gasteiger partial charge on any atom is -0.480 e. The molecule has 0 saturated heterocycles. The van der Waals surface area contributed by atoms with Crippen LogP contribution in [0.15, 0.2) is 16.3 Å². The van der Waals surface area contributed by atoms with Crippen LogP contribution in [0.3, 0.4) is 0 Å². The Morgan fingerprint density at radius 3 is 2.38 bits per heavy atom. The summed E-state index contributed by atoms with van der Waals surface area (Å²) < 4.78 is 31.3. The number of hydrogen-bond donors (Lipinski definition) is 2. The van der Waals surface area contributed by atoms with Crippen molar-refractivity contribution in [1.82, 2.24) is 4.72 Å². The summed E-state index contributed by atoms with van der Waals surface area (Å²) in [6.07, 6.45) is 0. The molecule has 0 aliphatic carbocycles. The third-order valence-corrected chi connectivity index (χ3v) is 5.16. The third-order valence-electron chi connectivity index (χ3n) is 2.68. The molecule has 1 atom stereocenters. The van der Waals surface area contributed by atoms with Crippen molar-refractivity contribution in [2.24, 2.45) is 5.41 Å². The van der Waals surface area contributed by atoms with Gasteiger partial charge in [0, 0.05) is 0 Å². The first-order valence-corrected chi connectivity index (χ1v) is 8.28. The van der Waals surface area contributed by atoms with Gasteiger partial charge in [-0.05, 0) is 16.9 Å². The molecule has 0 aromatic carbocycles. The number of esters is 1. The van der Waals surface area contributed by atoms with Gasteiger partial charge in [-0.3, -0.25) is 4.79 Å². The average Bonchev–Trinajstić information content (AvgIpc) is 2.83. The predicted molar refractivity (Wildman–Crippen MR) is 76.9 cm³/mol. The SMILES string of the molecule is COC(=O)c1sccc1S(=O)(=O)N[C@H](C(=O)O)C(C)(C)C. The van der Waals surface area contributed by atoms with E-state index in [0.717, 1.165) is 18.4 Å². The summed E-state index contributed by atoms with van der Waals surface area (Å²) in [6, 6.07) is -0.0891. The topological polar surface area (TPSA) is 110 Å². The van der Waals surface area contributed by atoms with Crippen molar-refractivity contribution in [3.8, 4) is 0 Å². The van der Waals surface area contributed by atoms with Crippen LogP contribution in [0.25, 0.3) is 0 Å². The highest BCUT2D eigenvalue weighted by Gasteiger charge is 2.36. The maximum Gasteiger partial charge on any atom is 0.349 e. The number of sulfonamides is 1. The summed E-state index contributed by atoms with van der Waals surface area (Å²) in [7, 11) is -3.01. The second-order valence-corrected chi connectivity index (χ2v) is 7.96. The second kappa shape index (κ2) is 6.12. The zero-order valence-corrected chi connectivity index (χ0v) is 13.7. The number of aliphatic carboxylic acids is 1. The number of carboxylic acid groups (broad SMARTS) is 1. The van der Waals surface area contributed by atoms with E-state index in [1.54, 1.807) is 20.8 Å². The Morgan fingerprint density at radius 2 is 1.95 bits per heavy atom. The van der Waals surface area contributed by atoms with Crippen molar-refractivity contribution in [3.05, 3.63) is 16.3 Å². The van der Waals surface area contributed by atoms with E-state index < -0.39 is 33.4 Å². The minimum absolute atomic E-state index is 0.0944. The fourth-order valence-corrected chi connectivity index (χ4v) is 4.30. The number of carbonyl (C=O) groups excluding carboxylic acids is 1. The molecule has 2 N–H and O–H groups in total. The van der Waals surface area contributed by atoms with E-state index in [4.69, 9.17) is 0 Å². The van der Waals surface area contributed by atoms with Crippen LogP contribution in [0, 0.1) is 5.41 Å². The summed E-state index contributed by atoms with van der Waals surface area (Å²) in [5.74, 6) is -2.08. The summed E-state index contributed by atoms with van der Waals surface area (Å²) in [6.45, 7) is 4.80. The molecule has 118 valence electrons. The third kappa shape index (κ3) is 4.02. The van der Waals surface area contributed by atoms with Crippen molar-refractivity contribution < 1.29 is 27.9 Å². The Balaban J connectivity index is 3.21. The molecule has 0 fully saturated rings. The molecule has 9 heteroatoms. The molecule has 0 aliphatic rings. The van der Waals surface area contributed by atoms with Crippen LogP contribution in [0.4, 0.5) is 0 Å². The number of carbonyl (C=O) groups is 2. The molecule has 1 heterocycles. The number of rotatable bonds is 5. The molecule has 0 saturated carbocycles. The first-order chi connectivity index (χ1) is 9.50. The lowest BCUT2D eigenvalue weighted by molar-refractivity contribution is -0.141. The van der Waals surface area contributed by atoms with E-state index >= 15 is 0 Å². The Labute approximate surface area is 127 Å². The summed E-state index contributed by atoms with van der Waals surface area (Å²) in [5.41, 5.74) is -0.833. The van der Waals surface area contributed by atoms with E-state index in [1.165, 1.54) is 11.4 Å². The molecular formula is C12H17NO6S2. The second-order valence-electron chi connectivity index (χ2n) is 5.36. The molecule has 0 unspecified atom stereocenters. The first-order valence-electron chi connectivity index (χ1n) is 5.91. The standard InChI is InChI=1S/C12H17NO6S2/c1-12(2,3)9(10(14)15)13-21(17,18)7-5-6-20-8(7)11(16)19-4/h5-6,9,13H,1-4H3,(H,14,15)/t9-/m1/s1.